The number of nitrogens with one attached hydrogen (secondary N) is 1. The minimum Gasteiger partial charge on any atom is -0.480 e. The van der Waals surface area contributed by atoms with Crippen molar-refractivity contribution >= 4 is 11.9 Å². The standard InChI is InChI=1S/C13H24N2O3/c1-11(2,12(3,4)14)9(16)15-13(10(17)18)7-5-6-8-13/h5-8,14H2,1-4H3,(H,15,16)(H,17,18). The van der Waals surface area contributed by atoms with E-state index < -0.39 is 22.5 Å². The summed E-state index contributed by atoms with van der Waals surface area (Å²) in [5, 5.41) is 12.1. The lowest BCUT2D eigenvalue weighted by atomic mass is 9.74. The number of carboxylic acids is 1. The first-order chi connectivity index (χ1) is 8.03. The number of hydrogen-bond acceptors (Lipinski definition) is 3. The van der Waals surface area contributed by atoms with Crippen molar-refractivity contribution in [1.82, 2.24) is 5.32 Å². The van der Waals surface area contributed by atoms with Crippen LogP contribution in [-0.2, 0) is 9.59 Å². The Morgan fingerprint density at radius 1 is 1.17 bits per heavy atom. The van der Waals surface area contributed by atoms with Crippen molar-refractivity contribution in [2.24, 2.45) is 11.1 Å². The Kier molecular flexibility index (Phi) is 3.77. The average Bonchev–Trinajstić information content (AvgIpc) is 2.65. The zero-order chi connectivity index (χ0) is 14.2. The van der Waals surface area contributed by atoms with Gasteiger partial charge in [0.1, 0.15) is 5.54 Å². The highest BCUT2D eigenvalue weighted by Crippen LogP contribution is 2.34. The second-order valence-electron chi connectivity index (χ2n) is 6.40. The predicted molar refractivity (Wildman–Crippen MR) is 69.0 cm³/mol. The third-order valence-corrected chi connectivity index (χ3v) is 4.40. The number of carboxylic acid groups (broad SMARTS) is 1. The highest BCUT2D eigenvalue weighted by molar-refractivity contribution is 5.90. The summed E-state index contributed by atoms with van der Waals surface area (Å²) < 4.78 is 0. The van der Waals surface area contributed by atoms with Gasteiger partial charge in [0.05, 0.1) is 5.41 Å². The molecule has 0 spiro atoms. The van der Waals surface area contributed by atoms with E-state index in [-0.39, 0.29) is 5.91 Å². The molecule has 1 amide bonds. The fraction of sp³-hybridized carbons (Fsp3) is 0.846. The summed E-state index contributed by atoms with van der Waals surface area (Å²) in [7, 11) is 0. The van der Waals surface area contributed by atoms with Crippen molar-refractivity contribution in [3.63, 3.8) is 0 Å². The summed E-state index contributed by atoms with van der Waals surface area (Å²) in [6, 6.07) is 0. The summed E-state index contributed by atoms with van der Waals surface area (Å²) in [5.74, 6) is -1.24. The van der Waals surface area contributed by atoms with Gasteiger partial charge >= 0.3 is 5.97 Å². The maximum absolute atomic E-state index is 12.3. The third kappa shape index (κ3) is 2.51. The molecule has 104 valence electrons. The van der Waals surface area contributed by atoms with E-state index in [4.69, 9.17) is 5.73 Å². The molecule has 0 aromatic rings. The summed E-state index contributed by atoms with van der Waals surface area (Å²) in [6.45, 7) is 7.03. The molecule has 1 saturated carbocycles. The lowest BCUT2D eigenvalue weighted by molar-refractivity contribution is -0.150. The van der Waals surface area contributed by atoms with Gasteiger partial charge in [0.2, 0.25) is 5.91 Å². The van der Waals surface area contributed by atoms with E-state index >= 15 is 0 Å². The van der Waals surface area contributed by atoms with Crippen LogP contribution in [0.5, 0.6) is 0 Å². The molecule has 1 aliphatic rings. The van der Waals surface area contributed by atoms with E-state index in [0.29, 0.717) is 12.8 Å². The van der Waals surface area contributed by atoms with E-state index in [1.807, 2.05) is 0 Å². The minimum atomic E-state index is -1.10. The van der Waals surface area contributed by atoms with E-state index in [9.17, 15) is 14.7 Å². The number of nitrogens with two attached hydrogens (primary N) is 1. The van der Waals surface area contributed by atoms with Crippen LogP contribution in [-0.4, -0.2) is 28.1 Å². The molecule has 5 heteroatoms. The average molecular weight is 256 g/mol. The molecule has 1 rings (SSSR count). The zero-order valence-corrected chi connectivity index (χ0v) is 11.7. The van der Waals surface area contributed by atoms with Gasteiger partial charge in [-0.3, -0.25) is 4.79 Å². The molecule has 1 fully saturated rings. The molecule has 0 unspecified atom stereocenters. The fourth-order valence-corrected chi connectivity index (χ4v) is 2.04. The van der Waals surface area contributed by atoms with E-state index in [0.717, 1.165) is 12.8 Å². The molecule has 0 saturated heterocycles. The van der Waals surface area contributed by atoms with Gasteiger partial charge in [-0.05, 0) is 40.5 Å². The van der Waals surface area contributed by atoms with Crippen LogP contribution in [0.15, 0.2) is 0 Å². The first kappa shape index (κ1) is 15.0. The predicted octanol–water partition coefficient (Wildman–Crippen LogP) is 1.26. The first-order valence-electron chi connectivity index (χ1n) is 6.38. The van der Waals surface area contributed by atoms with Crippen LogP contribution in [0.1, 0.15) is 53.4 Å². The Labute approximate surface area is 108 Å². The van der Waals surface area contributed by atoms with Crippen molar-refractivity contribution < 1.29 is 14.7 Å². The Morgan fingerprint density at radius 3 is 1.94 bits per heavy atom. The molecule has 1 aliphatic carbocycles. The van der Waals surface area contributed by atoms with Crippen molar-refractivity contribution in [2.75, 3.05) is 0 Å². The monoisotopic (exact) mass is 256 g/mol. The number of amides is 1. The summed E-state index contributed by atoms with van der Waals surface area (Å²) in [6.07, 6.45) is 2.66. The maximum Gasteiger partial charge on any atom is 0.329 e. The second-order valence-corrected chi connectivity index (χ2v) is 6.40. The van der Waals surface area contributed by atoms with Crippen LogP contribution in [0.3, 0.4) is 0 Å². The molecule has 5 nitrogen and oxygen atoms in total. The van der Waals surface area contributed by atoms with E-state index in [2.05, 4.69) is 5.32 Å². The zero-order valence-electron chi connectivity index (χ0n) is 11.7. The van der Waals surface area contributed by atoms with E-state index in [1.54, 1.807) is 27.7 Å². The Hall–Kier alpha value is -1.10. The highest BCUT2D eigenvalue weighted by atomic mass is 16.4. The van der Waals surface area contributed by atoms with Crippen molar-refractivity contribution in [2.45, 2.75) is 64.5 Å². The van der Waals surface area contributed by atoms with Gasteiger partial charge < -0.3 is 16.2 Å². The molecule has 0 radical (unpaired) electrons. The smallest absolute Gasteiger partial charge is 0.329 e. The quantitative estimate of drug-likeness (QED) is 0.706. The van der Waals surface area contributed by atoms with E-state index in [1.165, 1.54) is 0 Å². The molecular formula is C13H24N2O3. The van der Waals surface area contributed by atoms with Crippen LogP contribution >= 0.6 is 0 Å². The van der Waals surface area contributed by atoms with Crippen molar-refractivity contribution in [1.29, 1.82) is 0 Å². The molecule has 0 atom stereocenters. The van der Waals surface area contributed by atoms with Gasteiger partial charge in [-0.25, -0.2) is 4.79 Å². The van der Waals surface area contributed by atoms with Gasteiger partial charge in [0.25, 0.3) is 0 Å². The van der Waals surface area contributed by atoms with Crippen LogP contribution < -0.4 is 11.1 Å². The molecule has 0 bridgehead atoms. The summed E-state index contributed by atoms with van der Waals surface area (Å²) in [5.41, 5.74) is 3.37. The number of rotatable bonds is 4. The van der Waals surface area contributed by atoms with Gasteiger partial charge in [-0.15, -0.1) is 0 Å². The molecule has 18 heavy (non-hydrogen) atoms. The van der Waals surface area contributed by atoms with Crippen molar-refractivity contribution in [3.05, 3.63) is 0 Å². The Bertz CT molecular complexity index is 350. The lowest BCUT2D eigenvalue weighted by Gasteiger charge is -2.39. The Balaban J connectivity index is 2.90. The van der Waals surface area contributed by atoms with Crippen molar-refractivity contribution in [3.8, 4) is 0 Å². The maximum atomic E-state index is 12.3. The first-order valence-corrected chi connectivity index (χ1v) is 6.38. The number of carbonyl (C=O) groups is 2. The molecule has 0 aromatic carbocycles. The molecular weight excluding hydrogens is 232 g/mol. The topological polar surface area (TPSA) is 92.4 Å². The summed E-state index contributed by atoms with van der Waals surface area (Å²) >= 11 is 0. The Morgan fingerprint density at radius 2 is 1.61 bits per heavy atom. The second kappa shape index (κ2) is 4.53. The number of hydrogen-bond donors (Lipinski definition) is 3. The van der Waals surface area contributed by atoms with Crippen LogP contribution in [0.2, 0.25) is 0 Å². The van der Waals surface area contributed by atoms with Gasteiger partial charge in [0.15, 0.2) is 0 Å². The molecule has 0 aromatic heterocycles. The van der Waals surface area contributed by atoms with Crippen LogP contribution in [0.25, 0.3) is 0 Å². The molecule has 4 N–H and O–H groups in total. The SMILES string of the molecule is CC(C)(N)C(C)(C)C(=O)NC1(C(=O)O)CCCC1. The highest BCUT2D eigenvalue weighted by Gasteiger charge is 2.48. The van der Waals surface area contributed by atoms with Gasteiger partial charge in [-0.1, -0.05) is 12.8 Å². The van der Waals surface area contributed by atoms with Gasteiger partial charge in [-0.2, -0.15) is 0 Å². The summed E-state index contributed by atoms with van der Waals surface area (Å²) in [4.78, 5) is 23.7. The largest absolute Gasteiger partial charge is 0.480 e. The molecule has 0 aliphatic heterocycles. The number of aliphatic carboxylic acids is 1. The van der Waals surface area contributed by atoms with Crippen LogP contribution in [0.4, 0.5) is 0 Å². The fourth-order valence-electron chi connectivity index (χ4n) is 2.04. The minimum absolute atomic E-state index is 0.292. The van der Waals surface area contributed by atoms with Crippen LogP contribution in [0, 0.1) is 5.41 Å². The normalized spacial score (nSPS) is 19.6. The number of carbonyl (C=O) groups excluding carboxylic acids is 1. The lowest BCUT2D eigenvalue weighted by Crippen LogP contribution is -2.61. The molecule has 0 heterocycles. The van der Waals surface area contributed by atoms with Gasteiger partial charge in [0, 0.05) is 5.54 Å². The third-order valence-electron chi connectivity index (χ3n) is 4.40.